The fourth-order valence-corrected chi connectivity index (χ4v) is 2.23. The Morgan fingerprint density at radius 3 is 2.71 bits per heavy atom. The third-order valence-electron chi connectivity index (χ3n) is 3.26. The van der Waals surface area contributed by atoms with Crippen LogP contribution in [0, 0.1) is 17.6 Å². The Morgan fingerprint density at radius 2 is 2.18 bits per heavy atom. The van der Waals surface area contributed by atoms with Gasteiger partial charge in [-0.2, -0.15) is 0 Å². The van der Waals surface area contributed by atoms with Gasteiger partial charge in [0.2, 0.25) is 0 Å². The molecule has 3 atom stereocenters. The molecule has 3 nitrogen and oxygen atoms in total. The van der Waals surface area contributed by atoms with E-state index in [1.54, 1.807) is 0 Å². The molecule has 1 aliphatic heterocycles. The number of rotatable bonds is 3. The first kappa shape index (κ1) is 12.4. The fourth-order valence-electron chi connectivity index (χ4n) is 2.23. The van der Waals surface area contributed by atoms with Crippen molar-refractivity contribution < 1.29 is 13.5 Å². The Hall–Kier alpha value is -1.04. The first-order valence-electron chi connectivity index (χ1n) is 5.66. The van der Waals surface area contributed by atoms with Crippen molar-refractivity contribution in [1.29, 1.82) is 0 Å². The van der Waals surface area contributed by atoms with Crippen molar-refractivity contribution in [1.82, 2.24) is 5.43 Å². The van der Waals surface area contributed by atoms with Crippen molar-refractivity contribution in [3.63, 3.8) is 0 Å². The van der Waals surface area contributed by atoms with Gasteiger partial charge in [-0.3, -0.25) is 11.3 Å². The van der Waals surface area contributed by atoms with E-state index in [1.165, 1.54) is 6.07 Å². The van der Waals surface area contributed by atoms with E-state index in [-0.39, 0.29) is 12.1 Å². The summed E-state index contributed by atoms with van der Waals surface area (Å²) in [5.74, 6) is 4.10. The zero-order valence-electron chi connectivity index (χ0n) is 9.62. The second-order valence-corrected chi connectivity index (χ2v) is 4.42. The molecule has 1 aromatic rings. The van der Waals surface area contributed by atoms with E-state index in [2.05, 4.69) is 12.3 Å². The molecule has 0 bridgehead atoms. The molecule has 3 unspecified atom stereocenters. The minimum Gasteiger partial charge on any atom is -0.376 e. The molecule has 0 aromatic heterocycles. The van der Waals surface area contributed by atoms with E-state index >= 15 is 0 Å². The van der Waals surface area contributed by atoms with Crippen LogP contribution in [0.1, 0.15) is 24.9 Å². The third kappa shape index (κ3) is 2.46. The first-order chi connectivity index (χ1) is 8.13. The van der Waals surface area contributed by atoms with E-state index in [1.807, 2.05) is 0 Å². The Labute approximate surface area is 98.9 Å². The molecule has 94 valence electrons. The zero-order chi connectivity index (χ0) is 12.4. The number of ether oxygens (including phenoxy) is 1. The normalized spacial score (nSPS) is 26.1. The summed E-state index contributed by atoms with van der Waals surface area (Å²) >= 11 is 0. The summed E-state index contributed by atoms with van der Waals surface area (Å²) in [5, 5.41) is 0. The highest BCUT2D eigenvalue weighted by Crippen LogP contribution is 2.31. The lowest BCUT2D eigenvalue weighted by molar-refractivity contribution is 0.0606. The summed E-state index contributed by atoms with van der Waals surface area (Å²) in [7, 11) is 0. The minimum atomic E-state index is -0.867. The van der Waals surface area contributed by atoms with E-state index in [0.29, 0.717) is 18.1 Å². The second-order valence-electron chi connectivity index (χ2n) is 4.42. The quantitative estimate of drug-likeness (QED) is 0.628. The summed E-state index contributed by atoms with van der Waals surface area (Å²) in [4.78, 5) is 0. The highest BCUT2D eigenvalue weighted by molar-refractivity contribution is 5.22. The summed E-state index contributed by atoms with van der Waals surface area (Å²) in [6, 6.07) is 3.47. The van der Waals surface area contributed by atoms with Crippen molar-refractivity contribution in [3.05, 3.63) is 35.4 Å². The molecule has 1 saturated heterocycles. The van der Waals surface area contributed by atoms with Crippen molar-refractivity contribution in [3.8, 4) is 0 Å². The maximum absolute atomic E-state index is 13.2. The molecule has 0 amide bonds. The van der Waals surface area contributed by atoms with E-state index < -0.39 is 11.6 Å². The molecule has 1 aliphatic rings. The largest absolute Gasteiger partial charge is 0.376 e. The Kier molecular flexibility index (Phi) is 3.71. The summed E-state index contributed by atoms with van der Waals surface area (Å²) in [5.41, 5.74) is 3.23. The van der Waals surface area contributed by atoms with Crippen molar-refractivity contribution >= 4 is 0 Å². The monoisotopic (exact) mass is 242 g/mol. The van der Waals surface area contributed by atoms with Crippen LogP contribution in [0.4, 0.5) is 8.78 Å². The van der Waals surface area contributed by atoms with Crippen LogP contribution in [0.25, 0.3) is 0 Å². The van der Waals surface area contributed by atoms with Gasteiger partial charge in [0.1, 0.15) is 0 Å². The predicted octanol–water partition coefficient (Wildman–Crippen LogP) is 1.89. The van der Waals surface area contributed by atoms with Gasteiger partial charge in [0, 0.05) is 6.61 Å². The average molecular weight is 242 g/mol. The molecule has 0 radical (unpaired) electrons. The molecule has 5 heteroatoms. The smallest absolute Gasteiger partial charge is 0.159 e. The van der Waals surface area contributed by atoms with E-state index in [9.17, 15) is 8.78 Å². The molecule has 17 heavy (non-hydrogen) atoms. The lowest BCUT2D eigenvalue weighted by Crippen LogP contribution is -2.38. The number of benzene rings is 1. The fraction of sp³-hybridized carbons (Fsp3) is 0.500. The molecule has 1 heterocycles. The van der Waals surface area contributed by atoms with Crippen LogP contribution in [-0.4, -0.2) is 12.7 Å². The average Bonchev–Trinajstić information content (AvgIpc) is 2.71. The van der Waals surface area contributed by atoms with Gasteiger partial charge in [0.05, 0.1) is 12.1 Å². The van der Waals surface area contributed by atoms with Crippen molar-refractivity contribution in [2.75, 3.05) is 6.61 Å². The van der Waals surface area contributed by atoms with Crippen LogP contribution in [-0.2, 0) is 4.74 Å². The van der Waals surface area contributed by atoms with Gasteiger partial charge in [0.15, 0.2) is 11.6 Å². The number of hydrogen-bond donors (Lipinski definition) is 2. The van der Waals surface area contributed by atoms with Crippen LogP contribution in [0.5, 0.6) is 0 Å². The van der Waals surface area contributed by atoms with Gasteiger partial charge in [-0.25, -0.2) is 8.78 Å². The van der Waals surface area contributed by atoms with Crippen LogP contribution in [0.3, 0.4) is 0 Å². The number of hydrazine groups is 1. The molecule has 1 aromatic carbocycles. The summed E-state index contributed by atoms with van der Waals surface area (Å²) < 4.78 is 31.6. The van der Waals surface area contributed by atoms with E-state index in [4.69, 9.17) is 10.6 Å². The van der Waals surface area contributed by atoms with E-state index in [0.717, 1.165) is 18.6 Å². The minimum absolute atomic E-state index is 0.107. The topological polar surface area (TPSA) is 47.3 Å². The Morgan fingerprint density at radius 1 is 1.41 bits per heavy atom. The van der Waals surface area contributed by atoms with Crippen LogP contribution >= 0.6 is 0 Å². The number of halogens is 2. The maximum Gasteiger partial charge on any atom is 0.159 e. The predicted molar refractivity (Wildman–Crippen MR) is 59.9 cm³/mol. The SMILES string of the molecule is CC1CCOC1C(NN)c1ccc(F)c(F)c1. The third-order valence-corrected chi connectivity index (χ3v) is 3.26. The standard InChI is InChI=1S/C12H16F2N2O/c1-7-4-5-17-12(7)11(16-15)8-2-3-9(13)10(14)6-8/h2-3,6-7,11-12,16H,4-5,15H2,1H3. The summed E-state index contributed by atoms with van der Waals surface area (Å²) in [6.45, 7) is 2.73. The molecule has 0 saturated carbocycles. The lowest BCUT2D eigenvalue weighted by atomic mass is 9.93. The van der Waals surface area contributed by atoms with Crippen molar-refractivity contribution in [2.24, 2.45) is 11.8 Å². The highest BCUT2D eigenvalue weighted by atomic mass is 19.2. The van der Waals surface area contributed by atoms with Crippen LogP contribution in [0.15, 0.2) is 18.2 Å². The Bertz CT molecular complexity index is 400. The highest BCUT2D eigenvalue weighted by Gasteiger charge is 2.32. The van der Waals surface area contributed by atoms with Gasteiger partial charge in [-0.1, -0.05) is 13.0 Å². The van der Waals surface area contributed by atoms with Gasteiger partial charge in [-0.05, 0) is 30.0 Å². The number of nitrogens with two attached hydrogens (primary N) is 1. The number of nitrogens with one attached hydrogen (secondary N) is 1. The molecule has 1 fully saturated rings. The van der Waals surface area contributed by atoms with Gasteiger partial charge < -0.3 is 4.74 Å². The van der Waals surface area contributed by atoms with Gasteiger partial charge in [0.25, 0.3) is 0 Å². The maximum atomic E-state index is 13.2. The number of hydrogen-bond acceptors (Lipinski definition) is 3. The lowest BCUT2D eigenvalue weighted by Gasteiger charge is -2.25. The molecule has 0 aliphatic carbocycles. The summed E-state index contributed by atoms with van der Waals surface area (Å²) in [6.07, 6.45) is 0.844. The molecule has 2 rings (SSSR count). The van der Waals surface area contributed by atoms with Gasteiger partial charge in [-0.15, -0.1) is 0 Å². The van der Waals surface area contributed by atoms with Crippen molar-refractivity contribution in [2.45, 2.75) is 25.5 Å². The van der Waals surface area contributed by atoms with Crippen LogP contribution in [0.2, 0.25) is 0 Å². The van der Waals surface area contributed by atoms with Crippen LogP contribution < -0.4 is 11.3 Å². The first-order valence-corrected chi connectivity index (χ1v) is 5.66. The second kappa shape index (κ2) is 5.08. The molecular weight excluding hydrogens is 226 g/mol. The molecular formula is C12H16F2N2O. The molecule has 3 N–H and O–H groups in total. The van der Waals surface area contributed by atoms with Gasteiger partial charge >= 0.3 is 0 Å². The Balaban J connectivity index is 2.25. The zero-order valence-corrected chi connectivity index (χ0v) is 9.62. The molecule has 0 spiro atoms.